The predicted octanol–water partition coefficient (Wildman–Crippen LogP) is 1.21. The SMILES string of the molecule is CCCCN(C)C(=O)COc1ccc(S(=O)(=O)N2CCCC2)cc1C(N)=O. The minimum atomic E-state index is -3.67. The average Bonchev–Trinajstić information content (AvgIpc) is 3.19. The maximum absolute atomic E-state index is 12.6. The van der Waals surface area contributed by atoms with Gasteiger partial charge in [0.2, 0.25) is 10.0 Å². The monoisotopic (exact) mass is 397 g/mol. The quantitative estimate of drug-likeness (QED) is 0.673. The van der Waals surface area contributed by atoms with Crippen LogP contribution < -0.4 is 10.5 Å². The van der Waals surface area contributed by atoms with Crippen LogP contribution in [0.5, 0.6) is 5.75 Å². The van der Waals surface area contributed by atoms with Crippen molar-refractivity contribution in [2.45, 2.75) is 37.5 Å². The molecule has 0 atom stereocenters. The molecule has 2 rings (SSSR count). The van der Waals surface area contributed by atoms with Crippen molar-refractivity contribution < 1.29 is 22.7 Å². The Bertz CT molecular complexity index is 788. The summed E-state index contributed by atoms with van der Waals surface area (Å²) in [5.74, 6) is -0.942. The van der Waals surface area contributed by atoms with E-state index in [1.807, 2.05) is 6.92 Å². The number of amides is 2. The smallest absolute Gasteiger partial charge is 0.260 e. The lowest BCUT2D eigenvalue weighted by Crippen LogP contribution is -2.32. The molecule has 0 bridgehead atoms. The molecular weight excluding hydrogens is 370 g/mol. The molecule has 2 N–H and O–H groups in total. The molecule has 8 nitrogen and oxygen atoms in total. The summed E-state index contributed by atoms with van der Waals surface area (Å²) in [6.07, 6.45) is 3.49. The Kier molecular flexibility index (Phi) is 7.20. The number of carbonyl (C=O) groups excluding carboxylic acids is 2. The summed E-state index contributed by atoms with van der Waals surface area (Å²) in [4.78, 5) is 25.4. The van der Waals surface area contributed by atoms with Crippen molar-refractivity contribution in [1.82, 2.24) is 9.21 Å². The Morgan fingerprint density at radius 2 is 1.93 bits per heavy atom. The highest BCUT2D eigenvalue weighted by Gasteiger charge is 2.28. The molecule has 0 aliphatic carbocycles. The van der Waals surface area contributed by atoms with E-state index >= 15 is 0 Å². The van der Waals surface area contributed by atoms with Gasteiger partial charge in [-0.3, -0.25) is 9.59 Å². The molecule has 0 saturated carbocycles. The molecule has 0 radical (unpaired) electrons. The number of hydrogen-bond acceptors (Lipinski definition) is 5. The van der Waals surface area contributed by atoms with Crippen LogP contribution in [-0.2, 0) is 14.8 Å². The van der Waals surface area contributed by atoms with Gasteiger partial charge < -0.3 is 15.4 Å². The Hall–Kier alpha value is -2.13. The van der Waals surface area contributed by atoms with Crippen molar-refractivity contribution in [3.63, 3.8) is 0 Å². The lowest BCUT2D eigenvalue weighted by molar-refractivity contribution is -0.132. The molecule has 0 aromatic heterocycles. The second-order valence-electron chi connectivity index (χ2n) is 6.59. The van der Waals surface area contributed by atoms with Crippen molar-refractivity contribution in [2.75, 3.05) is 33.3 Å². The first-order chi connectivity index (χ1) is 12.8. The molecule has 1 saturated heterocycles. The van der Waals surface area contributed by atoms with Gasteiger partial charge >= 0.3 is 0 Å². The summed E-state index contributed by atoms with van der Waals surface area (Å²) in [6, 6.07) is 3.97. The molecule has 150 valence electrons. The fraction of sp³-hybridized carbons (Fsp3) is 0.556. The second kappa shape index (κ2) is 9.18. The van der Waals surface area contributed by atoms with Gasteiger partial charge in [0.25, 0.3) is 11.8 Å². The maximum Gasteiger partial charge on any atom is 0.260 e. The molecule has 1 fully saturated rings. The number of rotatable bonds is 9. The Morgan fingerprint density at radius 1 is 1.26 bits per heavy atom. The van der Waals surface area contributed by atoms with E-state index in [0.717, 1.165) is 25.7 Å². The molecular formula is C18H27N3O5S. The molecule has 1 heterocycles. The van der Waals surface area contributed by atoms with Crippen LogP contribution in [0.3, 0.4) is 0 Å². The molecule has 27 heavy (non-hydrogen) atoms. The molecule has 9 heteroatoms. The number of primary amides is 1. The number of carbonyl (C=O) groups is 2. The summed E-state index contributed by atoms with van der Waals surface area (Å²) in [7, 11) is -1.99. The Balaban J connectivity index is 2.16. The molecule has 1 aliphatic rings. The van der Waals surface area contributed by atoms with E-state index in [1.54, 1.807) is 11.9 Å². The third kappa shape index (κ3) is 5.20. The van der Waals surface area contributed by atoms with Crippen molar-refractivity contribution in [3.8, 4) is 5.75 Å². The molecule has 1 aromatic rings. The van der Waals surface area contributed by atoms with Gasteiger partial charge in [-0.05, 0) is 37.5 Å². The third-order valence-electron chi connectivity index (χ3n) is 4.54. The molecule has 0 spiro atoms. The van der Waals surface area contributed by atoms with Crippen molar-refractivity contribution >= 4 is 21.8 Å². The van der Waals surface area contributed by atoms with E-state index in [4.69, 9.17) is 10.5 Å². The number of benzene rings is 1. The number of ether oxygens (including phenoxy) is 1. The largest absolute Gasteiger partial charge is 0.483 e. The van der Waals surface area contributed by atoms with Crippen LogP contribution in [0.4, 0.5) is 0 Å². The van der Waals surface area contributed by atoms with Gasteiger partial charge in [-0.25, -0.2) is 8.42 Å². The second-order valence-corrected chi connectivity index (χ2v) is 8.53. The van der Waals surface area contributed by atoms with Crippen LogP contribution in [0.15, 0.2) is 23.1 Å². The van der Waals surface area contributed by atoms with Crippen LogP contribution in [0.2, 0.25) is 0 Å². The van der Waals surface area contributed by atoms with Crippen LogP contribution in [0, 0.1) is 0 Å². The fourth-order valence-electron chi connectivity index (χ4n) is 2.84. The van der Waals surface area contributed by atoms with Gasteiger partial charge in [-0.1, -0.05) is 13.3 Å². The highest BCUT2D eigenvalue weighted by atomic mass is 32.2. The minimum absolute atomic E-state index is 0.00283. The molecule has 0 unspecified atom stereocenters. The Morgan fingerprint density at radius 3 is 2.52 bits per heavy atom. The summed E-state index contributed by atoms with van der Waals surface area (Å²) >= 11 is 0. The van der Waals surface area contributed by atoms with Gasteiger partial charge in [0.1, 0.15) is 5.75 Å². The highest BCUT2D eigenvalue weighted by molar-refractivity contribution is 7.89. The summed E-state index contributed by atoms with van der Waals surface area (Å²) < 4.78 is 32.1. The topological polar surface area (TPSA) is 110 Å². The van der Waals surface area contributed by atoms with Crippen molar-refractivity contribution in [1.29, 1.82) is 0 Å². The van der Waals surface area contributed by atoms with Gasteiger partial charge in [0.15, 0.2) is 6.61 Å². The van der Waals surface area contributed by atoms with Gasteiger partial charge in [-0.2, -0.15) is 4.31 Å². The van der Waals surface area contributed by atoms with Gasteiger partial charge in [-0.15, -0.1) is 0 Å². The number of nitrogens with zero attached hydrogens (tertiary/aromatic N) is 2. The number of sulfonamides is 1. The van der Waals surface area contributed by atoms with E-state index < -0.39 is 15.9 Å². The molecule has 1 aromatic carbocycles. The van der Waals surface area contributed by atoms with Crippen molar-refractivity contribution in [3.05, 3.63) is 23.8 Å². The minimum Gasteiger partial charge on any atom is -0.483 e. The number of nitrogens with two attached hydrogens (primary N) is 1. The average molecular weight is 397 g/mol. The summed E-state index contributed by atoms with van der Waals surface area (Å²) in [5, 5.41) is 0. The number of hydrogen-bond donors (Lipinski definition) is 1. The van der Waals surface area contributed by atoms with E-state index in [1.165, 1.54) is 22.5 Å². The summed E-state index contributed by atoms with van der Waals surface area (Å²) in [5.41, 5.74) is 5.33. The first-order valence-electron chi connectivity index (χ1n) is 9.08. The predicted molar refractivity (Wildman–Crippen MR) is 101 cm³/mol. The third-order valence-corrected chi connectivity index (χ3v) is 6.44. The van der Waals surface area contributed by atoms with Crippen LogP contribution >= 0.6 is 0 Å². The van der Waals surface area contributed by atoms with Gasteiger partial charge in [0, 0.05) is 26.7 Å². The highest BCUT2D eigenvalue weighted by Crippen LogP contribution is 2.26. The lowest BCUT2D eigenvalue weighted by Gasteiger charge is -2.19. The van der Waals surface area contributed by atoms with Crippen molar-refractivity contribution in [2.24, 2.45) is 5.73 Å². The van der Waals surface area contributed by atoms with Crippen LogP contribution in [0.1, 0.15) is 43.0 Å². The fourth-order valence-corrected chi connectivity index (χ4v) is 4.38. The standard InChI is InChI=1S/C18H27N3O5S/c1-3-4-9-20(2)17(22)13-26-16-8-7-14(12-15(16)18(19)23)27(24,25)21-10-5-6-11-21/h7-8,12H,3-6,9-11,13H2,1-2H3,(H2,19,23). The Labute approximate surface area is 160 Å². The maximum atomic E-state index is 12.6. The normalized spacial score (nSPS) is 14.9. The zero-order valence-corrected chi connectivity index (χ0v) is 16.6. The van der Waals surface area contributed by atoms with Gasteiger partial charge in [0.05, 0.1) is 10.5 Å². The molecule has 2 amide bonds. The zero-order valence-electron chi connectivity index (χ0n) is 15.8. The first kappa shape index (κ1) is 21.2. The van der Waals surface area contributed by atoms with E-state index in [9.17, 15) is 18.0 Å². The number of likely N-dealkylation sites (N-methyl/N-ethyl adjacent to an activating group) is 1. The summed E-state index contributed by atoms with van der Waals surface area (Å²) in [6.45, 7) is 3.33. The van der Waals surface area contributed by atoms with E-state index in [2.05, 4.69) is 0 Å². The lowest BCUT2D eigenvalue weighted by atomic mass is 10.2. The van der Waals surface area contributed by atoms with E-state index in [-0.39, 0.29) is 28.7 Å². The molecule has 1 aliphatic heterocycles. The van der Waals surface area contributed by atoms with E-state index in [0.29, 0.717) is 19.6 Å². The van der Waals surface area contributed by atoms with Crippen LogP contribution in [-0.4, -0.2) is 62.7 Å². The van der Waals surface area contributed by atoms with Crippen LogP contribution in [0.25, 0.3) is 0 Å². The first-order valence-corrected chi connectivity index (χ1v) is 10.5. The number of unbranched alkanes of at least 4 members (excludes halogenated alkanes) is 1. The zero-order chi connectivity index (χ0) is 20.0.